The molecule has 94 valence electrons. The standard InChI is InChI=1S/C13H26N2O/c1-4-5-7-15-9-13(14)10-6-8-16-11(10)12(13,2)3/h10-11,15H,4-9,14H2,1-3H3. The van der Waals surface area contributed by atoms with Gasteiger partial charge in [-0.05, 0) is 19.4 Å². The molecule has 3 atom stereocenters. The van der Waals surface area contributed by atoms with Crippen molar-refractivity contribution < 1.29 is 4.74 Å². The summed E-state index contributed by atoms with van der Waals surface area (Å²) in [6.07, 6.45) is 4.01. The van der Waals surface area contributed by atoms with Crippen molar-refractivity contribution in [1.82, 2.24) is 5.32 Å². The predicted octanol–water partition coefficient (Wildman–Crippen LogP) is 1.52. The van der Waals surface area contributed by atoms with Crippen LogP contribution in [0, 0.1) is 11.3 Å². The Labute approximate surface area is 99.1 Å². The average molecular weight is 226 g/mol. The molecule has 0 bridgehead atoms. The molecule has 3 N–H and O–H groups in total. The largest absolute Gasteiger partial charge is 0.377 e. The monoisotopic (exact) mass is 226 g/mol. The zero-order valence-corrected chi connectivity index (χ0v) is 10.9. The van der Waals surface area contributed by atoms with Crippen LogP contribution in [0.25, 0.3) is 0 Å². The molecule has 16 heavy (non-hydrogen) atoms. The van der Waals surface area contributed by atoms with Gasteiger partial charge in [-0.1, -0.05) is 27.2 Å². The van der Waals surface area contributed by atoms with Gasteiger partial charge in [0.2, 0.25) is 0 Å². The highest BCUT2D eigenvalue weighted by molar-refractivity contribution is 5.21. The maximum Gasteiger partial charge on any atom is 0.0691 e. The minimum Gasteiger partial charge on any atom is -0.377 e. The Kier molecular flexibility index (Phi) is 3.30. The molecule has 0 aromatic carbocycles. The molecule has 1 aliphatic heterocycles. The second-order valence-corrected chi connectivity index (χ2v) is 5.98. The molecule has 0 aromatic rings. The second-order valence-electron chi connectivity index (χ2n) is 5.98. The van der Waals surface area contributed by atoms with Gasteiger partial charge in [0.05, 0.1) is 6.10 Å². The van der Waals surface area contributed by atoms with Crippen molar-refractivity contribution in [2.45, 2.75) is 51.7 Å². The SMILES string of the molecule is CCCCNCC1(N)C2CCOC2C1(C)C. The fourth-order valence-corrected chi connectivity index (χ4v) is 3.43. The topological polar surface area (TPSA) is 47.3 Å². The van der Waals surface area contributed by atoms with Gasteiger partial charge >= 0.3 is 0 Å². The Morgan fingerprint density at radius 3 is 2.88 bits per heavy atom. The number of fused-ring (bicyclic) bond motifs is 1. The number of rotatable bonds is 5. The summed E-state index contributed by atoms with van der Waals surface area (Å²) in [5.74, 6) is 0.566. The molecule has 3 nitrogen and oxygen atoms in total. The number of hydrogen-bond acceptors (Lipinski definition) is 3. The van der Waals surface area contributed by atoms with Crippen molar-refractivity contribution in [2.75, 3.05) is 19.7 Å². The van der Waals surface area contributed by atoms with Crippen molar-refractivity contribution in [1.29, 1.82) is 0 Å². The summed E-state index contributed by atoms with van der Waals surface area (Å²) in [5, 5.41) is 3.52. The average Bonchev–Trinajstić information content (AvgIpc) is 2.71. The second kappa shape index (κ2) is 4.28. The molecule has 1 saturated heterocycles. The molecule has 1 aliphatic carbocycles. The van der Waals surface area contributed by atoms with E-state index in [9.17, 15) is 0 Å². The van der Waals surface area contributed by atoms with E-state index in [4.69, 9.17) is 10.5 Å². The van der Waals surface area contributed by atoms with Crippen LogP contribution in [0.2, 0.25) is 0 Å². The maximum atomic E-state index is 6.61. The zero-order chi connectivity index (χ0) is 11.8. The van der Waals surface area contributed by atoms with Gasteiger partial charge in [-0.3, -0.25) is 0 Å². The molecule has 2 fully saturated rings. The van der Waals surface area contributed by atoms with Crippen LogP contribution in [-0.2, 0) is 4.74 Å². The van der Waals surface area contributed by atoms with E-state index >= 15 is 0 Å². The van der Waals surface area contributed by atoms with Gasteiger partial charge in [0.1, 0.15) is 0 Å². The molecule has 3 heteroatoms. The number of ether oxygens (including phenoxy) is 1. The van der Waals surface area contributed by atoms with E-state index in [0.717, 1.165) is 26.1 Å². The van der Waals surface area contributed by atoms with Gasteiger partial charge in [0.25, 0.3) is 0 Å². The summed E-state index contributed by atoms with van der Waals surface area (Å²) in [5.41, 5.74) is 6.66. The van der Waals surface area contributed by atoms with Crippen molar-refractivity contribution in [3.63, 3.8) is 0 Å². The first-order valence-corrected chi connectivity index (χ1v) is 6.65. The van der Waals surface area contributed by atoms with Crippen LogP contribution in [0.1, 0.15) is 40.0 Å². The summed E-state index contributed by atoms with van der Waals surface area (Å²) in [7, 11) is 0. The Morgan fingerprint density at radius 2 is 2.19 bits per heavy atom. The molecule has 1 saturated carbocycles. The first-order valence-electron chi connectivity index (χ1n) is 6.65. The van der Waals surface area contributed by atoms with Crippen LogP contribution >= 0.6 is 0 Å². The zero-order valence-electron chi connectivity index (χ0n) is 10.9. The first kappa shape index (κ1) is 12.3. The first-order chi connectivity index (χ1) is 7.54. The van der Waals surface area contributed by atoms with Crippen LogP contribution in [0.15, 0.2) is 0 Å². The Morgan fingerprint density at radius 1 is 1.44 bits per heavy atom. The fourth-order valence-electron chi connectivity index (χ4n) is 3.43. The molecule has 0 aromatic heterocycles. The Hall–Kier alpha value is -0.120. The van der Waals surface area contributed by atoms with Crippen LogP contribution in [-0.4, -0.2) is 31.3 Å². The van der Waals surface area contributed by atoms with Crippen molar-refractivity contribution >= 4 is 0 Å². The molecule has 1 heterocycles. The quantitative estimate of drug-likeness (QED) is 0.699. The van der Waals surface area contributed by atoms with Crippen molar-refractivity contribution in [3.8, 4) is 0 Å². The minimum absolute atomic E-state index is 0.0676. The van der Waals surface area contributed by atoms with Crippen molar-refractivity contribution in [3.05, 3.63) is 0 Å². The van der Waals surface area contributed by atoms with E-state index in [2.05, 4.69) is 26.1 Å². The maximum absolute atomic E-state index is 6.61. The molecule has 2 rings (SSSR count). The number of nitrogens with two attached hydrogens (primary N) is 1. The van der Waals surface area contributed by atoms with Crippen LogP contribution in [0.5, 0.6) is 0 Å². The van der Waals surface area contributed by atoms with Gasteiger partial charge in [-0.2, -0.15) is 0 Å². The molecule has 0 radical (unpaired) electrons. The lowest BCUT2D eigenvalue weighted by Crippen LogP contribution is -2.78. The molecule has 0 amide bonds. The van der Waals surface area contributed by atoms with Crippen molar-refractivity contribution in [2.24, 2.45) is 17.1 Å². The third-order valence-corrected chi connectivity index (χ3v) is 4.79. The summed E-state index contributed by atoms with van der Waals surface area (Å²) >= 11 is 0. The molecular weight excluding hydrogens is 200 g/mol. The van der Waals surface area contributed by atoms with E-state index in [0.29, 0.717) is 12.0 Å². The molecule has 2 aliphatic rings. The van der Waals surface area contributed by atoms with Crippen LogP contribution in [0.3, 0.4) is 0 Å². The highest BCUT2D eigenvalue weighted by Gasteiger charge is 2.67. The molecule has 3 unspecified atom stereocenters. The third kappa shape index (κ3) is 1.60. The normalized spacial score (nSPS) is 40.5. The van der Waals surface area contributed by atoms with E-state index in [1.165, 1.54) is 12.8 Å². The summed E-state index contributed by atoms with van der Waals surface area (Å²) in [6.45, 7) is 9.64. The molecular formula is C13H26N2O. The van der Waals surface area contributed by atoms with Crippen LogP contribution < -0.4 is 11.1 Å². The Bertz CT molecular complexity index is 254. The van der Waals surface area contributed by atoms with Gasteiger partial charge in [0.15, 0.2) is 0 Å². The van der Waals surface area contributed by atoms with Gasteiger partial charge in [-0.25, -0.2) is 0 Å². The molecule has 0 spiro atoms. The van der Waals surface area contributed by atoms with Crippen LogP contribution in [0.4, 0.5) is 0 Å². The number of hydrogen-bond donors (Lipinski definition) is 2. The summed E-state index contributed by atoms with van der Waals surface area (Å²) in [6, 6.07) is 0. The lowest BCUT2D eigenvalue weighted by molar-refractivity contribution is -0.153. The van der Waals surface area contributed by atoms with Gasteiger partial charge in [0, 0.05) is 30.0 Å². The minimum atomic E-state index is -0.0676. The lowest BCUT2D eigenvalue weighted by Gasteiger charge is -2.62. The summed E-state index contributed by atoms with van der Waals surface area (Å²) in [4.78, 5) is 0. The van der Waals surface area contributed by atoms with E-state index < -0.39 is 0 Å². The smallest absolute Gasteiger partial charge is 0.0691 e. The van der Waals surface area contributed by atoms with Gasteiger partial charge in [-0.15, -0.1) is 0 Å². The number of unbranched alkanes of at least 4 members (excludes halogenated alkanes) is 1. The lowest BCUT2D eigenvalue weighted by atomic mass is 9.48. The number of nitrogens with one attached hydrogen (secondary N) is 1. The highest BCUT2D eigenvalue weighted by Crippen LogP contribution is 2.57. The highest BCUT2D eigenvalue weighted by atomic mass is 16.5. The van der Waals surface area contributed by atoms with E-state index in [1.807, 2.05) is 0 Å². The van der Waals surface area contributed by atoms with E-state index in [1.54, 1.807) is 0 Å². The Balaban J connectivity index is 1.91. The predicted molar refractivity (Wildman–Crippen MR) is 66.3 cm³/mol. The fraction of sp³-hybridized carbons (Fsp3) is 1.00. The van der Waals surface area contributed by atoms with Gasteiger partial charge < -0.3 is 15.8 Å². The summed E-state index contributed by atoms with van der Waals surface area (Å²) < 4.78 is 5.78. The van der Waals surface area contributed by atoms with E-state index in [-0.39, 0.29) is 11.0 Å². The third-order valence-electron chi connectivity index (χ3n) is 4.79.